The van der Waals surface area contributed by atoms with Gasteiger partial charge < -0.3 is 10.1 Å². The van der Waals surface area contributed by atoms with Crippen LogP contribution < -0.4 is 5.32 Å². The van der Waals surface area contributed by atoms with E-state index >= 15 is 0 Å². The molecule has 3 rings (SSSR count). The lowest BCUT2D eigenvalue weighted by Crippen LogP contribution is -2.40. The van der Waals surface area contributed by atoms with Crippen LogP contribution in [0.5, 0.6) is 0 Å². The molecule has 1 aromatic carbocycles. The van der Waals surface area contributed by atoms with Gasteiger partial charge in [0.15, 0.2) is 0 Å². The number of morpholine rings is 1. The zero-order valence-corrected chi connectivity index (χ0v) is 17.5. The van der Waals surface area contributed by atoms with E-state index in [0.717, 1.165) is 0 Å². The molecule has 150 valence electrons. The molecule has 0 atom stereocenters. The first-order chi connectivity index (χ1) is 13.0. The highest BCUT2D eigenvalue weighted by molar-refractivity contribution is 8.00. The number of benzene rings is 1. The number of rotatable bonds is 6. The number of carbonyl (C=O) groups is 1. The van der Waals surface area contributed by atoms with Crippen molar-refractivity contribution < 1.29 is 17.9 Å². The summed E-state index contributed by atoms with van der Waals surface area (Å²) in [6.07, 6.45) is 6.09. The summed E-state index contributed by atoms with van der Waals surface area (Å²) in [5.41, 5.74) is 0.445. The number of nitrogens with zero attached hydrogens (tertiary/aromatic N) is 1. The van der Waals surface area contributed by atoms with Crippen LogP contribution in [0.4, 0.5) is 5.69 Å². The van der Waals surface area contributed by atoms with Crippen molar-refractivity contribution in [1.29, 1.82) is 0 Å². The molecule has 0 radical (unpaired) electrons. The van der Waals surface area contributed by atoms with Crippen molar-refractivity contribution in [2.45, 2.75) is 42.2 Å². The zero-order chi connectivity index (χ0) is 19.3. The summed E-state index contributed by atoms with van der Waals surface area (Å²) in [6, 6.07) is 4.58. The SMILES string of the molecule is O=C(CSC1CCCCC1)Nc1ccc(Cl)c(S(=O)(=O)N2CCOCC2)c1. The zero-order valence-electron chi connectivity index (χ0n) is 15.2. The largest absolute Gasteiger partial charge is 0.379 e. The standard InChI is InChI=1S/C18H25ClN2O4S2/c19-16-7-6-14(20-18(22)13-26-15-4-2-1-3-5-15)12-17(16)27(23,24)21-8-10-25-11-9-21/h6-7,12,15H,1-5,8-11,13H2,(H,20,22). The van der Waals surface area contributed by atoms with E-state index in [1.165, 1.54) is 48.5 Å². The Morgan fingerprint density at radius 3 is 2.63 bits per heavy atom. The lowest BCUT2D eigenvalue weighted by atomic mass is 10.0. The quantitative estimate of drug-likeness (QED) is 0.745. The molecule has 27 heavy (non-hydrogen) atoms. The predicted octanol–water partition coefficient (Wildman–Crippen LogP) is 3.37. The Kier molecular flexibility index (Phi) is 7.44. The average Bonchev–Trinajstić information content (AvgIpc) is 2.69. The molecular formula is C18H25ClN2O4S2. The molecule has 9 heteroatoms. The molecule has 0 unspecified atom stereocenters. The first-order valence-electron chi connectivity index (χ1n) is 9.26. The first kappa shape index (κ1) is 20.9. The second kappa shape index (κ2) is 9.60. The van der Waals surface area contributed by atoms with Crippen molar-refractivity contribution in [2.24, 2.45) is 0 Å². The summed E-state index contributed by atoms with van der Waals surface area (Å²) >= 11 is 7.83. The molecule has 1 saturated carbocycles. The summed E-state index contributed by atoms with van der Waals surface area (Å²) in [6.45, 7) is 1.33. The Morgan fingerprint density at radius 2 is 1.93 bits per heavy atom. The van der Waals surface area contributed by atoms with Gasteiger partial charge in [-0.2, -0.15) is 4.31 Å². The molecule has 1 aliphatic heterocycles. The van der Waals surface area contributed by atoms with Crippen molar-refractivity contribution in [2.75, 3.05) is 37.4 Å². The van der Waals surface area contributed by atoms with Crippen LogP contribution in [0.1, 0.15) is 32.1 Å². The summed E-state index contributed by atoms with van der Waals surface area (Å²) in [5.74, 6) is 0.251. The second-order valence-corrected chi connectivity index (χ2v) is 10.4. The molecule has 0 spiro atoms. The van der Waals surface area contributed by atoms with E-state index in [9.17, 15) is 13.2 Å². The molecule has 1 amide bonds. The van der Waals surface area contributed by atoms with Crippen molar-refractivity contribution in [3.8, 4) is 0 Å². The van der Waals surface area contributed by atoms with E-state index in [1.54, 1.807) is 17.8 Å². The number of ether oxygens (including phenoxy) is 1. The third-order valence-corrected chi connectivity index (χ3v) is 8.56. The molecule has 1 heterocycles. The fraction of sp³-hybridized carbons (Fsp3) is 0.611. The lowest BCUT2D eigenvalue weighted by molar-refractivity contribution is -0.113. The van der Waals surface area contributed by atoms with Crippen LogP contribution in [-0.2, 0) is 19.6 Å². The van der Waals surface area contributed by atoms with Crippen LogP contribution in [-0.4, -0.2) is 55.9 Å². The molecule has 2 fully saturated rings. The van der Waals surface area contributed by atoms with E-state index < -0.39 is 10.0 Å². The van der Waals surface area contributed by atoms with Gasteiger partial charge in [0, 0.05) is 24.0 Å². The van der Waals surface area contributed by atoms with Gasteiger partial charge in [0.1, 0.15) is 4.90 Å². The Bertz CT molecular complexity index is 761. The number of hydrogen-bond donors (Lipinski definition) is 1. The molecule has 0 aromatic heterocycles. The van der Waals surface area contributed by atoms with Crippen molar-refractivity contribution >= 4 is 45.0 Å². The Morgan fingerprint density at radius 1 is 1.22 bits per heavy atom. The van der Waals surface area contributed by atoms with Crippen molar-refractivity contribution in [3.63, 3.8) is 0 Å². The Balaban J connectivity index is 1.64. The maximum absolute atomic E-state index is 12.8. The van der Waals surface area contributed by atoms with Gasteiger partial charge in [0.2, 0.25) is 15.9 Å². The van der Waals surface area contributed by atoms with Crippen LogP contribution >= 0.6 is 23.4 Å². The number of sulfonamides is 1. The third-order valence-electron chi connectivity index (χ3n) is 4.81. The fourth-order valence-electron chi connectivity index (χ4n) is 3.33. The molecule has 1 saturated heterocycles. The number of halogens is 1. The predicted molar refractivity (Wildman–Crippen MR) is 109 cm³/mol. The van der Waals surface area contributed by atoms with Gasteiger partial charge >= 0.3 is 0 Å². The van der Waals surface area contributed by atoms with Crippen molar-refractivity contribution in [1.82, 2.24) is 4.31 Å². The highest BCUT2D eigenvalue weighted by Gasteiger charge is 2.28. The minimum Gasteiger partial charge on any atom is -0.379 e. The third kappa shape index (κ3) is 5.60. The van der Waals surface area contributed by atoms with Gasteiger partial charge in [-0.25, -0.2) is 8.42 Å². The number of amides is 1. The van der Waals surface area contributed by atoms with E-state index in [0.29, 0.717) is 43.0 Å². The Hall–Kier alpha value is -0.800. The maximum atomic E-state index is 12.8. The van der Waals surface area contributed by atoms with Crippen LogP contribution in [0.3, 0.4) is 0 Å². The second-order valence-electron chi connectivity index (χ2n) is 6.78. The van der Waals surface area contributed by atoms with Gasteiger partial charge in [0.05, 0.1) is 24.0 Å². The summed E-state index contributed by atoms with van der Waals surface area (Å²) < 4.78 is 32.3. The van der Waals surface area contributed by atoms with Gasteiger partial charge in [0.25, 0.3) is 0 Å². The van der Waals surface area contributed by atoms with Crippen LogP contribution in [0, 0.1) is 0 Å². The van der Waals surface area contributed by atoms with Crippen LogP contribution in [0.2, 0.25) is 5.02 Å². The average molecular weight is 433 g/mol. The molecule has 1 N–H and O–H groups in total. The normalized spacial score (nSPS) is 19.7. The molecule has 0 bridgehead atoms. The first-order valence-corrected chi connectivity index (χ1v) is 12.1. The number of nitrogens with one attached hydrogen (secondary N) is 1. The summed E-state index contributed by atoms with van der Waals surface area (Å²) in [4.78, 5) is 12.3. The van der Waals surface area contributed by atoms with E-state index in [1.807, 2.05) is 0 Å². The van der Waals surface area contributed by atoms with Crippen LogP contribution in [0.25, 0.3) is 0 Å². The highest BCUT2D eigenvalue weighted by atomic mass is 35.5. The molecule has 6 nitrogen and oxygen atoms in total. The topological polar surface area (TPSA) is 75.7 Å². The number of carbonyl (C=O) groups excluding carboxylic acids is 1. The smallest absolute Gasteiger partial charge is 0.244 e. The maximum Gasteiger partial charge on any atom is 0.244 e. The van der Waals surface area contributed by atoms with Gasteiger partial charge in [-0.1, -0.05) is 30.9 Å². The van der Waals surface area contributed by atoms with Gasteiger partial charge in [-0.15, -0.1) is 11.8 Å². The van der Waals surface area contributed by atoms with E-state index in [4.69, 9.17) is 16.3 Å². The van der Waals surface area contributed by atoms with Gasteiger partial charge in [-0.05, 0) is 31.0 Å². The number of anilines is 1. The Labute approximate surface area is 170 Å². The molecule has 1 aromatic rings. The number of hydrogen-bond acceptors (Lipinski definition) is 5. The van der Waals surface area contributed by atoms with E-state index in [2.05, 4.69) is 5.32 Å². The molecular weight excluding hydrogens is 408 g/mol. The number of thioether (sulfide) groups is 1. The van der Waals surface area contributed by atoms with E-state index in [-0.39, 0.29) is 15.8 Å². The van der Waals surface area contributed by atoms with Crippen LogP contribution in [0.15, 0.2) is 23.1 Å². The minimum absolute atomic E-state index is 0.0174. The lowest BCUT2D eigenvalue weighted by Gasteiger charge is -2.26. The minimum atomic E-state index is -3.72. The summed E-state index contributed by atoms with van der Waals surface area (Å²) in [7, 11) is -3.72. The highest BCUT2D eigenvalue weighted by Crippen LogP contribution is 2.30. The summed E-state index contributed by atoms with van der Waals surface area (Å²) in [5, 5.41) is 3.50. The molecule has 2 aliphatic rings. The monoisotopic (exact) mass is 432 g/mol. The fourth-order valence-corrected chi connectivity index (χ4v) is 6.36. The van der Waals surface area contributed by atoms with Crippen molar-refractivity contribution in [3.05, 3.63) is 23.2 Å². The van der Waals surface area contributed by atoms with Gasteiger partial charge in [-0.3, -0.25) is 4.79 Å². The molecule has 1 aliphatic carbocycles.